The second-order valence-electron chi connectivity index (χ2n) is 5.31. The number of aryl methyl sites for hydroxylation is 1. The minimum absolute atomic E-state index is 0.705. The van der Waals surface area contributed by atoms with Crippen molar-refractivity contribution in [3.05, 3.63) is 30.5 Å². The van der Waals surface area contributed by atoms with Crippen LogP contribution >= 0.6 is 0 Å². The number of hydrogen-bond donors (Lipinski definition) is 1. The van der Waals surface area contributed by atoms with Crippen molar-refractivity contribution in [1.29, 1.82) is 0 Å². The van der Waals surface area contributed by atoms with Crippen molar-refractivity contribution in [2.75, 3.05) is 36.0 Å². The Kier molecular flexibility index (Phi) is 3.06. The number of hydrogen-bond acceptors (Lipinski definition) is 7. The molecule has 1 saturated heterocycles. The van der Waals surface area contributed by atoms with E-state index in [2.05, 4.69) is 39.9 Å². The number of rotatable bonds is 2. The van der Waals surface area contributed by atoms with Gasteiger partial charge in [-0.15, -0.1) is 5.10 Å². The first kappa shape index (κ1) is 12.9. The first-order valence-electron chi connectivity index (χ1n) is 7.25. The van der Waals surface area contributed by atoms with E-state index in [1.54, 1.807) is 12.7 Å². The molecule has 4 rings (SSSR count). The number of fused-ring (bicyclic) bond motifs is 1. The summed E-state index contributed by atoms with van der Waals surface area (Å²) < 4.78 is 0. The number of H-pyrrole nitrogens is 1. The second kappa shape index (κ2) is 5.21. The van der Waals surface area contributed by atoms with Crippen molar-refractivity contribution in [2.45, 2.75) is 6.92 Å². The zero-order valence-electron chi connectivity index (χ0n) is 12.3. The fourth-order valence-electron chi connectivity index (χ4n) is 2.70. The van der Waals surface area contributed by atoms with E-state index in [1.807, 2.05) is 19.1 Å². The predicted molar refractivity (Wildman–Crippen MR) is 82.9 cm³/mol. The molecule has 0 aromatic carbocycles. The van der Waals surface area contributed by atoms with Gasteiger partial charge in [0.2, 0.25) is 0 Å². The number of aromatic nitrogens is 6. The van der Waals surface area contributed by atoms with E-state index >= 15 is 0 Å². The van der Waals surface area contributed by atoms with Gasteiger partial charge in [-0.2, -0.15) is 5.10 Å². The summed E-state index contributed by atoms with van der Waals surface area (Å²) in [6.07, 6.45) is 3.22. The highest BCUT2D eigenvalue weighted by atomic mass is 15.3. The lowest BCUT2D eigenvalue weighted by atomic mass is 10.3. The topological polar surface area (TPSA) is 86.7 Å². The number of imidazole rings is 1. The third-order valence-electron chi connectivity index (χ3n) is 3.89. The lowest BCUT2D eigenvalue weighted by Gasteiger charge is -2.35. The van der Waals surface area contributed by atoms with Crippen LogP contribution in [0.15, 0.2) is 24.8 Å². The molecule has 0 spiro atoms. The van der Waals surface area contributed by atoms with Crippen molar-refractivity contribution in [3.8, 4) is 0 Å². The Morgan fingerprint density at radius 2 is 1.77 bits per heavy atom. The lowest BCUT2D eigenvalue weighted by molar-refractivity contribution is 0.638. The third-order valence-corrected chi connectivity index (χ3v) is 3.89. The largest absolute Gasteiger partial charge is 0.352 e. The summed E-state index contributed by atoms with van der Waals surface area (Å²) in [5.41, 5.74) is 2.54. The first-order valence-corrected chi connectivity index (χ1v) is 7.25. The van der Waals surface area contributed by atoms with Crippen LogP contribution in [0.5, 0.6) is 0 Å². The number of anilines is 2. The molecule has 0 saturated carbocycles. The molecule has 3 aromatic rings. The maximum absolute atomic E-state index is 4.41. The summed E-state index contributed by atoms with van der Waals surface area (Å²) in [5, 5.41) is 8.38. The zero-order chi connectivity index (χ0) is 14.9. The summed E-state index contributed by atoms with van der Waals surface area (Å²) in [6, 6.07) is 4.02. The minimum Gasteiger partial charge on any atom is -0.352 e. The predicted octanol–water partition coefficient (Wildman–Crippen LogP) is 0.778. The van der Waals surface area contributed by atoms with E-state index in [9.17, 15) is 0 Å². The number of aromatic amines is 1. The van der Waals surface area contributed by atoms with Gasteiger partial charge in [0.15, 0.2) is 17.3 Å². The Labute approximate surface area is 127 Å². The standard InChI is InChI=1S/C14H16N8/c1-10-2-3-11(20-19-10)21-4-6-22(7-5-21)14-12-13(16-8-15-12)17-9-18-14/h2-3,8-9H,4-7H2,1H3,(H,15,16,17,18). The molecule has 8 heteroatoms. The Balaban J connectivity index is 1.52. The molecule has 3 aromatic heterocycles. The van der Waals surface area contributed by atoms with Gasteiger partial charge in [-0.3, -0.25) is 0 Å². The van der Waals surface area contributed by atoms with Crippen LogP contribution in [0.4, 0.5) is 11.6 Å². The normalized spacial score (nSPS) is 15.5. The molecule has 0 atom stereocenters. The molecule has 0 radical (unpaired) electrons. The Hall–Kier alpha value is -2.77. The Bertz CT molecular complexity index is 773. The lowest BCUT2D eigenvalue weighted by Crippen LogP contribution is -2.47. The maximum Gasteiger partial charge on any atom is 0.182 e. The van der Waals surface area contributed by atoms with E-state index in [0.29, 0.717) is 5.65 Å². The van der Waals surface area contributed by atoms with E-state index in [0.717, 1.165) is 49.0 Å². The van der Waals surface area contributed by atoms with Gasteiger partial charge in [0, 0.05) is 26.2 Å². The maximum atomic E-state index is 4.41. The molecule has 8 nitrogen and oxygen atoms in total. The number of nitrogens with zero attached hydrogens (tertiary/aromatic N) is 7. The average Bonchev–Trinajstić information content (AvgIpc) is 3.04. The molecule has 0 amide bonds. The monoisotopic (exact) mass is 296 g/mol. The molecule has 0 unspecified atom stereocenters. The van der Waals surface area contributed by atoms with Crippen LogP contribution in [0.3, 0.4) is 0 Å². The molecular weight excluding hydrogens is 280 g/mol. The highest BCUT2D eigenvalue weighted by molar-refractivity contribution is 5.82. The van der Waals surface area contributed by atoms with Crippen LogP contribution in [0.1, 0.15) is 5.69 Å². The summed E-state index contributed by atoms with van der Waals surface area (Å²) in [7, 11) is 0. The van der Waals surface area contributed by atoms with Crippen molar-refractivity contribution in [1.82, 2.24) is 30.1 Å². The fraction of sp³-hybridized carbons (Fsp3) is 0.357. The van der Waals surface area contributed by atoms with Gasteiger partial charge in [-0.1, -0.05) is 0 Å². The molecule has 1 fully saturated rings. The van der Waals surface area contributed by atoms with Gasteiger partial charge in [0.1, 0.15) is 11.8 Å². The van der Waals surface area contributed by atoms with Crippen molar-refractivity contribution < 1.29 is 0 Å². The van der Waals surface area contributed by atoms with Crippen LogP contribution in [0.25, 0.3) is 11.2 Å². The smallest absolute Gasteiger partial charge is 0.182 e. The van der Waals surface area contributed by atoms with Gasteiger partial charge in [-0.25, -0.2) is 15.0 Å². The van der Waals surface area contributed by atoms with E-state index < -0.39 is 0 Å². The quantitative estimate of drug-likeness (QED) is 0.747. The first-order chi connectivity index (χ1) is 10.8. The average molecular weight is 296 g/mol. The highest BCUT2D eigenvalue weighted by Gasteiger charge is 2.21. The fourth-order valence-corrected chi connectivity index (χ4v) is 2.70. The van der Waals surface area contributed by atoms with Crippen LogP contribution < -0.4 is 9.80 Å². The van der Waals surface area contributed by atoms with Gasteiger partial charge < -0.3 is 14.8 Å². The van der Waals surface area contributed by atoms with Gasteiger partial charge in [-0.05, 0) is 19.1 Å². The molecule has 1 aliphatic rings. The van der Waals surface area contributed by atoms with Gasteiger partial charge >= 0.3 is 0 Å². The molecule has 4 heterocycles. The van der Waals surface area contributed by atoms with Crippen LogP contribution in [-0.2, 0) is 0 Å². The van der Waals surface area contributed by atoms with Crippen molar-refractivity contribution in [3.63, 3.8) is 0 Å². The second-order valence-corrected chi connectivity index (χ2v) is 5.31. The van der Waals surface area contributed by atoms with Gasteiger partial charge in [0.25, 0.3) is 0 Å². The number of nitrogens with one attached hydrogen (secondary N) is 1. The van der Waals surface area contributed by atoms with E-state index in [-0.39, 0.29) is 0 Å². The molecule has 112 valence electrons. The van der Waals surface area contributed by atoms with Crippen molar-refractivity contribution in [2.24, 2.45) is 0 Å². The van der Waals surface area contributed by atoms with Gasteiger partial charge in [0.05, 0.1) is 12.0 Å². The SMILES string of the molecule is Cc1ccc(N2CCN(c3ncnc4nc[nH]c34)CC2)nn1. The van der Waals surface area contributed by atoms with Crippen molar-refractivity contribution >= 4 is 22.8 Å². The zero-order valence-corrected chi connectivity index (χ0v) is 12.3. The minimum atomic E-state index is 0.705. The molecule has 1 aliphatic heterocycles. The Morgan fingerprint density at radius 1 is 0.955 bits per heavy atom. The summed E-state index contributed by atoms with van der Waals surface area (Å²) in [6.45, 7) is 5.47. The molecule has 0 bridgehead atoms. The summed E-state index contributed by atoms with van der Waals surface area (Å²) >= 11 is 0. The molecule has 0 aliphatic carbocycles. The third kappa shape index (κ3) is 2.22. The molecule has 1 N–H and O–H groups in total. The van der Waals surface area contributed by atoms with Crippen LogP contribution in [-0.4, -0.2) is 56.3 Å². The molecular formula is C14H16N8. The van der Waals surface area contributed by atoms with Crippen LogP contribution in [0, 0.1) is 6.92 Å². The van der Waals surface area contributed by atoms with E-state index in [4.69, 9.17) is 0 Å². The molecule has 22 heavy (non-hydrogen) atoms. The summed E-state index contributed by atoms with van der Waals surface area (Å²) in [4.78, 5) is 20.4. The number of piperazine rings is 1. The highest BCUT2D eigenvalue weighted by Crippen LogP contribution is 2.22. The Morgan fingerprint density at radius 3 is 2.55 bits per heavy atom. The van der Waals surface area contributed by atoms with E-state index in [1.165, 1.54) is 0 Å². The summed E-state index contributed by atoms with van der Waals surface area (Å²) in [5.74, 6) is 1.84. The van der Waals surface area contributed by atoms with Crippen LogP contribution in [0.2, 0.25) is 0 Å².